The van der Waals surface area contributed by atoms with E-state index in [4.69, 9.17) is 15.0 Å². The van der Waals surface area contributed by atoms with E-state index >= 15 is 0 Å². The molecule has 5 aromatic heterocycles. The zero-order valence-corrected chi connectivity index (χ0v) is 32.4. The lowest BCUT2D eigenvalue weighted by Crippen LogP contribution is -2.03. The lowest BCUT2D eigenvalue weighted by atomic mass is 9.97. The molecule has 6 heteroatoms. The molecular weight excluding hydrogens is 739 g/mol. The normalized spacial score (nSPS) is 12.1. The summed E-state index contributed by atoms with van der Waals surface area (Å²) in [6.45, 7) is 0. The number of benzene rings is 8. The van der Waals surface area contributed by atoms with Crippen LogP contribution in [0.1, 0.15) is 0 Å². The lowest BCUT2D eigenvalue weighted by molar-refractivity contribution is 1.02. The zero-order valence-electron chi connectivity index (χ0n) is 31.5. The number of aromatic nitrogens is 5. The van der Waals surface area contributed by atoms with E-state index in [1.807, 2.05) is 12.3 Å². The molecule has 0 atom stereocenters. The number of para-hydroxylation sites is 3. The topological polar surface area (TPSA) is 48.5 Å². The Morgan fingerprint density at radius 2 is 1.02 bits per heavy atom. The van der Waals surface area contributed by atoms with Gasteiger partial charge in [0.2, 0.25) is 5.95 Å². The molecule has 274 valence electrons. The zero-order chi connectivity index (χ0) is 38.6. The Balaban J connectivity index is 1.15. The maximum atomic E-state index is 5.46. The van der Waals surface area contributed by atoms with Gasteiger partial charge in [0.05, 0.1) is 38.0 Å². The van der Waals surface area contributed by atoms with Gasteiger partial charge < -0.3 is 4.57 Å². The third-order valence-electron chi connectivity index (χ3n) is 12.0. The highest BCUT2D eigenvalue weighted by Gasteiger charge is 2.25. The van der Waals surface area contributed by atoms with Gasteiger partial charge in [0, 0.05) is 55.2 Å². The van der Waals surface area contributed by atoms with Crippen LogP contribution in [0.15, 0.2) is 188 Å². The fourth-order valence-corrected chi connectivity index (χ4v) is 10.6. The van der Waals surface area contributed by atoms with Crippen LogP contribution in [0.2, 0.25) is 0 Å². The fourth-order valence-electron chi connectivity index (χ4n) is 9.44. The molecule has 13 aromatic rings. The summed E-state index contributed by atoms with van der Waals surface area (Å²) in [6, 6.07) is 65.1. The third kappa shape index (κ3) is 4.69. The maximum absolute atomic E-state index is 5.46. The van der Waals surface area contributed by atoms with E-state index in [0.29, 0.717) is 5.95 Å². The van der Waals surface area contributed by atoms with Gasteiger partial charge >= 0.3 is 0 Å². The van der Waals surface area contributed by atoms with Gasteiger partial charge in [-0.1, -0.05) is 121 Å². The molecule has 0 N–H and O–H groups in total. The number of thiophene rings is 1. The van der Waals surface area contributed by atoms with Gasteiger partial charge in [-0.05, 0) is 82.6 Å². The highest BCUT2D eigenvalue weighted by Crippen LogP contribution is 2.48. The SMILES string of the molecule is c1ccc(-c2nc(-n3c4ccc(-c5ccc6c(c5)c5ccccc5n6-c5ccccc5)cc4c4c5ccccc5c5c6cccnc6sc5c43)nc3ccccc23)cc1. The molecule has 59 heavy (non-hydrogen) atoms. The van der Waals surface area contributed by atoms with Crippen molar-refractivity contribution < 1.29 is 0 Å². The van der Waals surface area contributed by atoms with Gasteiger partial charge in [-0.25, -0.2) is 15.0 Å². The summed E-state index contributed by atoms with van der Waals surface area (Å²) in [6.07, 6.45) is 1.89. The molecule has 0 bridgehead atoms. The molecule has 0 saturated heterocycles. The monoisotopic (exact) mass is 769 g/mol. The first kappa shape index (κ1) is 32.4. The van der Waals surface area contributed by atoms with Crippen molar-refractivity contribution in [2.75, 3.05) is 0 Å². The largest absolute Gasteiger partial charge is 0.309 e. The number of hydrogen-bond donors (Lipinski definition) is 0. The van der Waals surface area contributed by atoms with Crippen molar-refractivity contribution in [2.24, 2.45) is 0 Å². The number of hydrogen-bond acceptors (Lipinski definition) is 4. The van der Waals surface area contributed by atoms with E-state index < -0.39 is 0 Å². The Bertz CT molecular complexity index is 3840. The second kappa shape index (κ2) is 12.4. The summed E-state index contributed by atoms with van der Waals surface area (Å²) < 4.78 is 5.86. The van der Waals surface area contributed by atoms with E-state index in [2.05, 4.69) is 185 Å². The van der Waals surface area contributed by atoms with Crippen LogP contribution in [0.3, 0.4) is 0 Å². The Kier molecular flexibility index (Phi) is 6.82. The first-order chi connectivity index (χ1) is 29.3. The number of pyridine rings is 1. The van der Waals surface area contributed by atoms with Crippen LogP contribution in [0.5, 0.6) is 0 Å². The lowest BCUT2D eigenvalue weighted by Gasteiger charge is -2.12. The summed E-state index contributed by atoms with van der Waals surface area (Å²) in [7, 11) is 0. The van der Waals surface area contributed by atoms with Gasteiger partial charge in [0.1, 0.15) is 4.83 Å². The van der Waals surface area contributed by atoms with Gasteiger partial charge in [-0.15, -0.1) is 11.3 Å². The minimum Gasteiger partial charge on any atom is -0.309 e. The van der Waals surface area contributed by atoms with Crippen molar-refractivity contribution >= 4 is 96.9 Å². The summed E-state index contributed by atoms with van der Waals surface area (Å²) in [5.74, 6) is 0.646. The van der Waals surface area contributed by atoms with Crippen molar-refractivity contribution in [1.82, 2.24) is 24.1 Å². The van der Waals surface area contributed by atoms with Crippen molar-refractivity contribution in [3.8, 4) is 34.0 Å². The summed E-state index contributed by atoms with van der Waals surface area (Å²) in [4.78, 5) is 16.7. The molecule has 5 heterocycles. The summed E-state index contributed by atoms with van der Waals surface area (Å²) >= 11 is 1.75. The minimum absolute atomic E-state index is 0.646. The van der Waals surface area contributed by atoms with Crippen LogP contribution in [-0.2, 0) is 0 Å². The van der Waals surface area contributed by atoms with Crippen molar-refractivity contribution in [3.63, 3.8) is 0 Å². The van der Waals surface area contributed by atoms with Gasteiger partial charge in [-0.3, -0.25) is 4.57 Å². The van der Waals surface area contributed by atoms with Gasteiger partial charge in [0.25, 0.3) is 0 Å². The van der Waals surface area contributed by atoms with Crippen molar-refractivity contribution in [1.29, 1.82) is 0 Å². The molecule has 0 aliphatic heterocycles. The third-order valence-corrected chi connectivity index (χ3v) is 13.1. The van der Waals surface area contributed by atoms with Crippen molar-refractivity contribution in [3.05, 3.63) is 188 Å². The number of nitrogens with zero attached hydrogens (tertiary/aromatic N) is 5. The van der Waals surface area contributed by atoms with E-state index in [9.17, 15) is 0 Å². The first-order valence-electron chi connectivity index (χ1n) is 19.9. The van der Waals surface area contributed by atoms with E-state index in [0.717, 1.165) is 60.0 Å². The molecule has 0 aliphatic rings. The molecule has 0 aliphatic carbocycles. The second-order valence-corrected chi connectivity index (χ2v) is 16.2. The fraction of sp³-hybridized carbons (Fsp3) is 0. The molecule has 0 fully saturated rings. The summed E-state index contributed by atoms with van der Waals surface area (Å²) in [5, 5.41) is 10.6. The van der Waals surface area contributed by atoms with Crippen LogP contribution < -0.4 is 0 Å². The highest BCUT2D eigenvalue weighted by atomic mass is 32.1. The molecule has 0 unspecified atom stereocenters. The van der Waals surface area contributed by atoms with E-state index in [-0.39, 0.29) is 0 Å². The molecule has 13 rings (SSSR count). The smallest absolute Gasteiger partial charge is 0.235 e. The van der Waals surface area contributed by atoms with Crippen LogP contribution in [-0.4, -0.2) is 24.1 Å². The predicted octanol–water partition coefficient (Wildman–Crippen LogP) is 14.1. The average molecular weight is 770 g/mol. The average Bonchev–Trinajstić information content (AvgIpc) is 3.97. The van der Waals surface area contributed by atoms with Crippen LogP contribution in [0, 0.1) is 0 Å². The molecule has 0 amide bonds. The Morgan fingerprint density at radius 3 is 1.81 bits per heavy atom. The molecular formula is C53H31N5S. The molecule has 8 aromatic carbocycles. The summed E-state index contributed by atoms with van der Waals surface area (Å²) in [5.41, 5.74) is 10.9. The predicted molar refractivity (Wildman–Crippen MR) is 247 cm³/mol. The Morgan fingerprint density at radius 1 is 0.407 bits per heavy atom. The standard InChI is InChI=1S/C53H31N5S/c1-3-14-32(15-4-1)49-39-21-9-11-23-43(39)55-53(56-49)58-46-28-26-34(33-25-27-45-41(30-33)36-18-10-12-24-44(36)57(45)35-16-5-2-6-17-35)31-42(46)47-37-19-7-8-20-38(37)48-40-22-13-29-54-52(40)59-51(48)50(47)58/h1-31H. The minimum atomic E-state index is 0.646. The van der Waals surface area contributed by atoms with E-state index in [1.54, 1.807) is 11.3 Å². The maximum Gasteiger partial charge on any atom is 0.235 e. The molecule has 5 nitrogen and oxygen atoms in total. The van der Waals surface area contributed by atoms with Gasteiger partial charge in [-0.2, -0.15) is 0 Å². The second-order valence-electron chi connectivity index (χ2n) is 15.2. The van der Waals surface area contributed by atoms with Crippen molar-refractivity contribution in [2.45, 2.75) is 0 Å². The molecule has 0 spiro atoms. The molecule has 0 radical (unpaired) electrons. The number of rotatable bonds is 4. The molecule has 0 saturated carbocycles. The van der Waals surface area contributed by atoms with E-state index in [1.165, 1.54) is 53.6 Å². The first-order valence-corrected chi connectivity index (χ1v) is 20.7. The van der Waals surface area contributed by atoms with Crippen LogP contribution >= 0.6 is 11.3 Å². The highest BCUT2D eigenvalue weighted by molar-refractivity contribution is 7.26. The van der Waals surface area contributed by atoms with Crippen LogP contribution in [0.25, 0.3) is 120 Å². The quantitative estimate of drug-likeness (QED) is 0.179. The van der Waals surface area contributed by atoms with Crippen LogP contribution in [0.4, 0.5) is 0 Å². The Labute approximate surface area is 341 Å². The number of fused-ring (bicyclic) bond motifs is 14. The Hall–Kier alpha value is -7.67. The van der Waals surface area contributed by atoms with Gasteiger partial charge in [0.15, 0.2) is 0 Å².